The molecule has 4 N–H and O–H groups in total. The molecular weight excluding hydrogens is 334 g/mol. The summed E-state index contributed by atoms with van der Waals surface area (Å²) in [6.45, 7) is 7.84. The molecule has 0 aliphatic heterocycles. The van der Waals surface area contributed by atoms with Crippen molar-refractivity contribution in [3.8, 4) is 0 Å². The van der Waals surface area contributed by atoms with Crippen LogP contribution < -0.4 is 21.6 Å². The quantitative estimate of drug-likeness (QED) is 0.579. The number of carbonyl (C=O) groups excluding carboxylic acids is 1. The highest BCUT2D eigenvalue weighted by molar-refractivity contribution is 6.52. The van der Waals surface area contributed by atoms with Gasteiger partial charge in [0.2, 0.25) is 0 Å². The van der Waals surface area contributed by atoms with Gasteiger partial charge in [0, 0.05) is 28.1 Å². The first-order valence-electron chi connectivity index (χ1n) is 8.26. The van der Waals surface area contributed by atoms with E-state index in [0.29, 0.717) is 22.0 Å². The number of anilines is 2. The molecule has 2 rings (SSSR count). The van der Waals surface area contributed by atoms with Crippen LogP contribution in [-0.4, -0.2) is 10.9 Å². The van der Waals surface area contributed by atoms with Crippen molar-refractivity contribution in [2.75, 3.05) is 11.1 Å². The van der Waals surface area contributed by atoms with Crippen LogP contribution >= 0.6 is 11.6 Å². The van der Waals surface area contributed by atoms with Gasteiger partial charge in [0.05, 0.1) is 10.6 Å². The summed E-state index contributed by atoms with van der Waals surface area (Å²) in [7, 11) is 0. The topological polar surface area (TPSA) is 70.9 Å². The Morgan fingerprint density at radius 3 is 2.72 bits per heavy atom. The highest BCUT2D eigenvalue weighted by atomic mass is 35.5. The third-order valence-electron chi connectivity index (χ3n) is 4.22. The molecule has 132 valence electrons. The molecule has 0 aliphatic rings. The molecule has 1 heterocycles. The summed E-state index contributed by atoms with van der Waals surface area (Å²) in [5, 5.41) is 5.11. The number of carbonyl (C=O) groups is 1. The normalized spacial score (nSPS) is 14.2. The second-order valence-electron chi connectivity index (χ2n) is 5.95. The molecule has 2 aromatic rings. The van der Waals surface area contributed by atoms with Gasteiger partial charge >= 0.3 is 0 Å². The SMILES string of the molecule is C\C=C(C(=O)Nc1cc(N)ccc1C)/C(Cl)=c1/cc[nH]/c1=C(/C)CC. The average molecular weight is 358 g/mol. The van der Waals surface area contributed by atoms with Gasteiger partial charge in [-0.15, -0.1) is 0 Å². The van der Waals surface area contributed by atoms with Crippen LogP contribution in [0.3, 0.4) is 0 Å². The monoisotopic (exact) mass is 357 g/mol. The van der Waals surface area contributed by atoms with Gasteiger partial charge in [-0.05, 0) is 56.5 Å². The van der Waals surface area contributed by atoms with Crippen molar-refractivity contribution in [2.45, 2.75) is 34.1 Å². The lowest BCUT2D eigenvalue weighted by molar-refractivity contribution is -0.112. The van der Waals surface area contributed by atoms with Crippen LogP contribution in [0, 0.1) is 6.92 Å². The first kappa shape index (κ1) is 18.9. The number of nitrogens with two attached hydrogens (primary N) is 1. The zero-order chi connectivity index (χ0) is 18.6. The molecule has 25 heavy (non-hydrogen) atoms. The Balaban J connectivity index is 2.47. The van der Waals surface area contributed by atoms with E-state index >= 15 is 0 Å². The number of aromatic amines is 1. The summed E-state index contributed by atoms with van der Waals surface area (Å²) < 4.78 is 0. The van der Waals surface area contributed by atoms with E-state index in [-0.39, 0.29) is 5.91 Å². The number of rotatable bonds is 4. The van der Waals surface area contributed by atoms with Crippen molar-refractivity contribution in [3.63, 3.8) is 0 Å². The number of benzene rings is 1. The lowest BCUT2D eigenvalue weighted by Crippen LogP contribution is -2.28. The van der Waals surface area contributed by atoms with Crippen LogP contribution in [-0.2, 0) is 4.79 Å². The maximum absolute atomic E-state index is 12.8. The van der Waals surface area contributed by atoms with E-state index in [9.17, 15) is 4.79 Å². The van der Waals surface area contributed by atoms with Gasteiger partial charge in [-0.1, -0.05) is 30.7 Å². The smallest absolute Gasteiger partial charge is 0.256 e. The lowest BCUT2D eigenvalue weighted by atomic mass is 10.1. The number of nitrogens with one attached hydrogen (secondary N) is 2. The standard InChI is InChI=1S/C20H24ClN3O/c1-5-12(3)19-16(9-10-23-19)18(21)15(6-2)20(25)24-17-11-14(22)8-7-13(17)4/h6-11,23H,5,22H2,1-4H3,(H,24,25)/b15-6+,18-16+,19-12-. The molecule has 0 atom stereocenters. The summed E-state index contributed by atoms with van der Waals surface area (Å²) in [6, 6.07) is 7.30. The van der Waals surface area contributed by atoms with E-state index in [1.807, 2.05) is 32.2 Å². The van der Waals surface area contributed by atoms with Crippen molar-refractivity contribution in [1.82, 2.24) is 4.98 Å². The minimum atomic E-state index is -0.262. The van der Waals surface area contributed by atoms with Gasteiger partial charge in [-0.2, -0.15) is 0 Å². The molecule has 0 fully saturated rings. The van der Waals surface area contributed by atoms with Crippen molar-refractivity contribution in [1.29, 1.82) is 0 Å². The largest absolute Gasteiger partial charge is 0.399 e. The van der Waals surface area contributed by atoms with Crippen LogP contribution in [0.15, 0.2) is 42.1 Å². The predicted molar refractivity (Wildman–Crippen MR) is 107 cm³/mol. The Morgan fingerprint density at radius 1 is 1.36 bits per heavy atom. The zero-order valence-electron chi connectivity index (χ0n) is 15.0. The van der Waals surface area contributed by atoms with Crippen molar-refractivity contribution in [3.05, 3.63) is 58.2 Å². The van der Waals surface area contributed by atoms with Gasteiger partial charge in [0.1, 0.15) is 0 Å². The molecule has 0 saturated heterocycles. The van der Waals surface area contributed by atoms with Gasteiger partial charge in [0.15, 0.2) is 0 Å². The Labute approximate surface area is 153 Å². The summed E-state index contributed by atoms with van der Waals surface area (Å²) in [6.07, 6.45) is 4.45. The molecule has 1 amide bonds. The average Bonchev–Trinajstić information content (AvgIpc) is 3.07. The summed E-state index contributed by atoms with van der Waals surface area (Å²) in [5.41, 5.74) is 9.63. The molecule has 0 spiro atoms. The summed E-state index contributed by atoms with van der Waals surface area (Å²) in [5.74, 6) is -0.262. The van der Waals surface area contributed by atoms with Crippen LogP contribution in [0.1, 0.15) is 32.8 Å². The van der Waals surface area contributed by atoms with E-state index < -0.39 is 0 Å². The summed E-state index contributed by atoms with van der Waals surface area (Å²) >= 11 is 6.58. The third-order valence-corrected chi connectivity index (χ3v) is 4.63. The highest BCUT2D eigenvalue weighted by Crippen LogP contribution is 2.21. The van der Waals surface area contributed by atoms with Crippen molar-refractivity contribution >= 4 is 39.5 Å². The zero-order valence-corrected chi connectivity index (χ0v) is 15.8. The van der Waals surface area contributed by atoms with Gasteiger partial charge in [-0.25, -0.2) is 0 Å². The van der Waals surface area contributed by atoms with E-state index in [1.165, 1.54) is 5.57 Å². The number of amides is 1. The molecule has 4 nitrogen and oxygen atoms in total. The molecular formula is C20H24ClN3O. The third kappa shape index (κ3) is 4.15. The Hall–Kier alpha value is -2.46. The number of halogens is 1. The summed E-state index contributed by atoms with van der Waals surface area (Å²) in [4.78, 5) is 16.0. The van der Waals surface area contributed by atoms with Crippen LogP contribution in [0.5, 0.6) is 0 Å². The lowest BCUT2D eigenvalue weighted by Gasteiger charge is -2.11. The molecule has 5 heteroatoms. The van der Waals surface area contributed by atoms with E-state index in [2.05, 4.69) is 17.2 Å². The van der Waals surface area contributed by atoms with Gasteiger partial charge < -0.3 is 16.0 Å². The fourth-order valence-corrected chi connectivity index (χ4v) is 2.90. The number of hydrogen-bond donors (Lipinski definition) is 3. The second-order valence-corrected chi connectivity index (χ2v) is 6.32. The molecule has 0 radical (unpaired) electrons. The molecule has 0 saturated carbocycles. The van der Waals surface area contributed by atoms with Crippen molar-refractivity contribution in [2.24, 2.45) is 0 Å². The Bertz CT molecular complexity index is 938. The molecule has 1 aromatic heterocycles. The fourth-order valence-electron chi connectivity index (χ4n) is 2.55. The molecule has 0 bridgehead atoms. The predicted octanol–water partition coefficient (Wildman–Crippen LogP) is 3.42. The Morgan fingerprint density at radius 2 is 2.08 bits per heavy atom. The number of hydrogen-bond acceptors (Lipinski definition) is 2. The van der Waals surface area contributed by atoms with Crippen LogP contribution in [0.2, 0.25) is 0 Å². The van der Waals surface area contributed by atoms with Gasteiger partial charge in [0.25, 0.3) is 5.91 Å². The van der Waals surface area contributed by atoms with Gasteiger partial charge in [-0.3, -0.25) is 4.79 Å². The minimum Gasteiger partial charge on any atom is -0.399 e. The molecule has 1 aromatic carbocycles. The van der Waals surface area contributed by atoms with Crippen molar-refractivity contribution < 1.29 is 4.79 Å². The Kier molecular flexibility index (Phi) is 6.10. The number of H-pyrrole nitrogens is 1. The second kappa shape index (κ2) is 8.08. The molecule has 0 aliphatic carbocycles. The minimum absolute atomic E-state index is 0.262. The maximum atomic E-state index is 12.8. The number of aryl methyl sites for hydroxylation is 1. The fraction of sp³-hybridized carbons (Fsp3) is 0.250. The van der Waals surface area contributed by atoms with E-state index in [0.717, 1.165) is 22.6 Å². The number of allylic oxidation sites excluding steroid dienone is 1. The first-order chi connectivity index (χ1) is 11.9. The number of nitrogen functional groups attached to an aromatic ring is 1. The van der Waals surface area contributed by atoms with Crippen LogP contribution in [0.4, 0.5) is 11.4 Å². The molecule has 0 unspecified atom stereocenters. The van der Waals surface area contributed by atoms with Crippen LogP contribution in [0.25, 0.3) is 10.6 Å². The highest BCUT2D eigenvalue weighted by Gasteiger charge is 2.15. The first-order valence-corrected chi connectivity index (χ1v) is 8.64. The number of aromatic nitrogens is 1. The van der Waals surface area contributed by atoms with E-state index in [4.69, 9.17) is 17.3 Å². The van der Waals surface area contributed by atoms with E-state index in [1.54, 1.807) is 25.1 Å². The maximum Gasteiger partial charge on any atom is 0.256 e.